The Morgan fingerprint density at radius 2 is 2.00 bits per heavy atom. The van der Waals surface area contributed by atoms with Crippen molar-refractivity contribution in [3.05, 3.63) is 35.4 Å². The van der Waals surface area contributed by atoms with E-state index in [1.165, 1.54) is 4.90 Å². The molecule has 0 bridgehead atoms. The number of benzene rings is 1. The van der Waals surface area contributed by atoms with E-state index in [2.05, 4.69) is 5.32 Å². The minimum atomic E-state index is -0.186. The molecule has 0 aromatic heterocycles. The Balaban J connectivity index is 1.98. The number of hydrogen-bond acceptors (Lipinski definition) is 3. The fourth-order valence-corrected chi connectivity index (χ4v) is 2.06. The molecule has 2 amide bonds. The van der Waals surface area contributed by atoms with Crippen LogP contribution in [0.5, 0.6) is 0 Å². The zero-order valence-electron chi connectivity index (χ0n) is 11.9. The Morgan fingerprint density at radius 1 is 1.35 bits per heavy atom. The van der Waals surface area contributed by atoms with Crippen LogP contribution in [-0.4, -0.2) is 43.4 Å². The fourth-order valence-electron chi connectivity index (χ4n) is 2.06. The standard InChI is InChI=1S/C15H21N3O2/c1-18(2)15(20)12-5-3-4-11(8-12)14(19)17-9-13(16)10-6-7-10/h3-5,8,10,13H,6-7,9,16H2,1-2H3,(H,17,19). The first kappa shape index (κ1) is 14.5. The van der Waals surface area contributed by atoms with Gasteiger partial charge in [-0.3, -0.25) is 9.59 Å². The number of rotatable bonds is 5. The third kappa shape index (κ3) is 3.57. The minimum Gasteiger partial charge on any atom is -0.350 e. The molecule has 0 heterocycles. The van der Waals surface area contributed by atoms with E-state index in [-0.39, 0.29) is 17.9 Å². The van der Waals surface area contributed by atoms with E-state index in [9.17, 15) is 9.59 Å². The second-order valence-corrected chi connectivity index (χ2v) is 5.49. The van der Waals surface area contributed by atoms with Crippen LogP contribution in [0.4, 0.5) is 0 Å². The molecule has 1 fully saturated rings. The van der Waals surface area contributed by atoms with Crippen LogP contribution in [0.25, 0.3) is 0 Å². The lowest BCUT2D eigenvalue weighted by Crippen LogP contribution is -2.38. The Kier molecular flexibility index (Phi) is 4.39. The summed E-state index contributed by atoms with van der Waals surface area (Å²) in [6.45, 7) is 0.482. The summed E-state index contributed by atoms with van der Waals surface area (Å²) in [5.74, 6) is 0.251. The van der Waals surface area contributed by atoms with Gasteiger partial charge in [-0.25, -0.2) is 0 Å². The predicted octanol–water partition coefficient (Wildman–Crippen LogP) is 0.855. The average Bonchev–Trinajstić information content (AvgIpc) is 3.28. The van der Waals surface area contributed by atoms with Gasteiger partial charge in [0.05, 0.1) is 0 Å². The van der Waals surface area contributed by atoms with Crippen molar-refractivity contribution in [2.24, 2.45) is 11.7 Å². The van der Waals surface area contributed by atoms with E-state index >= 15 is 0 Å². The third-order valence-electron chi connectivity index (χ3n) is 3.50. The summed E-state index contributed by atoms with van der Waals surface area (Å²) in [5, 5.41) is 2.83. The fraction of sp³-hybridized carbons (Fsp3) is 0.467. The van der Waals surface area contributed by atoms with Crippen molar-refractivity contribution in [3.8, 4) is 0 Å². The zero-order chi connectivity index (χ0) is 14.7. The van der Waals surface area contributed by atoms with Gasteiger partial charge in [0.15, 0.2) is 0 Å². The molecule has 108 valence electrons. The van der Waals surface area contributed by atoms with Gasteiger partial charge in [-0.05, 0) is 37.0 Å². The quantitative estimate of drug-likeness (QED) is 0.836. The van der Waals surface area contributed by atoms with Gasteiger partial charge >= 0.3 is 0 Å². The van der Waals surface area contributed by atoms with Crippen molar-refractivity contribution in [3.63, 3.8) is 0 Å². The SMILES string of the molecule is CN(C)C(=O)c1cccc(C(=O)NCC(N)C2CC2)c1. The van der Waals surface area contributed by atoms with Gasteiger partial charge < -0.3 is 16.0 Å². The van der Waals surface area contributed by atoms with Gasteiger partial charge in [-0.15, -0.1) is 0 Å². The molecule has 20 heavy (non-hydrogen) atoms. The van der Waals surface area contributed by atoms with Crippen LogP contribution in [0.15, 0.2) is 24.3 Å². The lowest BCUT2D eigenvalue weighted by molar-refractivity contribution is 0.0827. The zero-order valence-corrected chi connectivity index (χ0v) is 11.9. The van der Waals surface area contributed by atoms with E-state index in [0.717, 1.165) is 12.8 Å². The average molecular weight is 275 g/mol. The van der Waals surface area contributed by atoms with E-state index in [0.29, 0.717) is 23.6 Å². The van der Waals surface area contributed by atoms with Crippen LogP contribution in [-0.2, 0) is 0 Å². The minimum absolute atomic E-state index is 0.0329. The van der Waals surface area contributed by atoms with E-state index in [4.69, 9.17) is 5.73 Å². The van der Waals surface area contributed by atoms with Crippen molar-refractivity contribution in [1.29, 1.82) is 0 Å². The Morgan fingerprint density at radius 3 is 2.60 bits per heavy atom. The summed E-state index contributed by atoms with van der Waals surface area (Å²) >= 11 is 0. The molecule has 2 rings (SSSR count). The maximum absolute atomic E-state index is 12.0. The number of carbonyl (C=O) groups is 2. The summed E-state index contributed by atoms with van der Waals surface area (Å²) in [7, 11) is 3.37. The molecule has 3 N–H and O–H groups in total. The largest absolute Gasteiger partial charge is 0.350 e. The second-order valence-electron chi connectivity index (χ2n) is 5.49. The van der Waals surface area contributed by atoms with Gasteiger partial charge in [0, 0.05) is 37.8 Å². The molecular formula is C15H21N3O2. The number of nitrogens with one attached hydrogen (secondary N) is 1. The first-order chi connectivity index (χ1) is 9.49. The first-order valence-corrected chi connectivity index (χ1v) is 6.84. The molecule has 0 saturated heterocycles. The maximum atomic E-state index is 12.0. The number of nitrogens with zero attached hydrogens (tertiary/aromatic N) is 1. The molecule has 1 unspecified atom stereocenters. The summed E-state index contributed by atoms with van der Waals surface area (Å²) in [6.07, 6.45) is 2.31. The Bertz CT molecular complexity index is 510. The molecule has 5 nitrogen and oxygen atoms in total. The van der Waals surface area contributed by atoms with Crippen molar-refractivity contribution in [2.45, 2.75) is 18.9 Å². The third-order valence-corrected chi connectivity index (χ3v) is 3.50. The Labute approximate surface area is 119 Å². The van der Waals surface area contributed by atoms with Crippen molar-refractivity contribution < 1.29 is 9.59 Å². The summed E-state index contributed by atoms with van der Waals surface area (Å²) in [5.41, 5.74) is 6.94. The Hall–Kier alpha value is -1.88. The highest BCUT2D eigenvalue weighted by molar-refractivity contribution is 5.99. The van der Waals surface area contributed by atoms with E-state index in [1.807, 2.05) is 0 Å². The van der Waals surface area contributed by atoms with Gasteiger partial charge in [-0.2, -0.15) is 0 Å². The highest BCUT2D eigenvalue weighted by Gasteiger charge is 2.28. The number of amides is 2. The molecule has 1 aromatic carbocycles. The van der Waals surface area contributed by atoms with Crippen LogP contribution in [0.3, 0.4) is 0 Å². The highest BCUT2D eigenvalue weighted by atomic mass is 16.2. The van der Waals surface area contributed by atoms with Crippen LogP contribution in [0.1, 0.15) is 33.6 Å². The molecule has 1 atom stereocenters. The number of nitrogens with two attached hydrogens (primary N) is 1. The van der Waals surface area contributed by atoms with Crippen LogP contribution < -0.4 is 11.1 Å². The van der Waals surface area contributed by atoms with E-state index < -0.39 is 0 Å². The number of hydrogen-bond donors (Lipinski definition) is 2. The topological polar surface area (TPSA) is 75.4 Å². The van der Waals surface area contributed by atoms with Gasteiger partial charge in [0.2, 0.25) is 0 Å². The summed E-state index contributed by atoms with van der Waals surface area (Å²) in [4.78, 5) is 25.4. The second kappa shape index (κ2) is 6.05. The molecular weight excluding hydrogens is 254 g/mol. The maximum Gasteiger partial charge on any atom is 0.253 e. The molecule has 0 spiro atoms. The van der Waals surface area contributed by atoms with Crippen molar-refractivity contribution in [2.75, 3.05) is 20.6 Å². The molecule has 0 radical (unpaired) electrons. The lowest BCUT2D eigenvalue weighted by Gasteiger charge is -2.13. The highest BCUT2D eigenvalue weighted by Crippen LogP contribution is 2.31. The van der Waals surface area contributed by atoms with Crippen molar-refractivity contribution >= 4 is 11.8 Å². The van der Waals surface area contributed by atoms with Gasteiger partial charge in [-0.1, -0.05) is 6.07 Å². The van der Waals surface area contributed by atoms with Crippen LogP contribution >= 0.6 is 0 Å². The van der Waals surface area contributed by atoms with Gasteiger partial charge in [0.25, 0.3) is 11.8 Å². The summed E-state index contributed by atoms with van der Waals surface area (Å²) < 4.78 is 0. The monoisotopic (exact) mass is 275 g/mol. The lowest BCUT2D eigenvalue weighted by atomic mass is 10.1. The number of carbonyl (C=O) groups excluding carboxylic acids is 2. The molecule has 5 heteroatoms. The molecule has 1 aliphatic rings. The van der Waals surface area contributed by atoms with Gasteiger partial charge in [0.1, 0.15) is 0 Å². The predicted molar refractivity (Wildman–Crippen MR) is 77.5 cm³/mol. The summed E-state index contributed by atoms with van der Waals surface area (Å²) in [6, 6.07) is 6.76. The molecule has 1 aliphatic carbocycles. The van der Waals surface area contributed by atoms with Crippen LogP contribution in [0, 0.1) is 5.92 Å². The van der Waals surface area contributed by atoms with Crippen molar-refractivity contribution in [1.82, 2.24) is 10.2 Å². The van der Waals surface area contributed by atoms with E-state index in [1.54, 1.807) is 38.4 Å². The first-order valence-electron chi connectivity index (χ1n) is 6.84. The smallest absolute Gasteiger partial charge is 0.253 e. The molecule has 1 aromatic rings. The molecule has 1 saturated carbocycles. The normalized spacial score (nSPS) is 15.6. The molecule has 0 aliphatic heterocycles. The van der Waals surface area contributed by atoms with Crippen LogP contribution in [0.2, 0.25) is 0 Å².